The van der Waals surface area contributed by atoms with Gasteiger partial charge in [-0.2, -0.15) is 0 Å². The summed E-state index contributed by atoms with van der Waals surface area (Å²) in [6, 6.07) is 14.3. The summed E-state index contributed by atoms with van der Waals surface area (Å²) in [5.74, 6) is -0.0618. The smallest absolute Gasteiger partial charge is 0.319 e. The fourth-order valence-electron chi connectivity index (χ4n) is 2.20. The molecule has 0 aliphatic carbocycles. The molecule has 0 saturated heterocycles. The first-order valence-electron chi connectivity index (χ1n) is 8.14. The number of rotatable bonds is 6. The Hall–Kier alpha value is -2.53. The van der Waals surface area contributed by atoms with Crippen molar-refractivity contribution < 1.29 is 9.59 Å². The molecule has 0 atom stereocenters. The molecule has 0 saturated carbocycles. The van der Waals surface area contributed by atoms with Gasteiger partial charge in [-0.1, -0.05) is 23.7 Å². The highest BCUT2D eigenvalue weighted by Crippen LogP contribution is 2.15. The maximum Gasteiger partial charge on any atom is 0.319 e. The summed E-state index contributed by atoms with van der Waals surface area (Å²) < 4.78 is 0. The first-order valence-corrected chi connectivity index (χ1v) is 8.52. The normalized spacial score (nSPS) is 10.4. The summed E-state index contributed by atoms with van der Waals surface area (Å²) in [7, 11) is 0. The minimum absolute atomic E-state index is 0.0618. The second-order valence-electron chi connectivity index (χ2n) is 6.01. The molecule has 0 heterocycles. The van der Waals surface area contributed by atoms with Gasteiger partial charge in [-0.15, -0.1) is 0 Å². The zero-order valence-electron chi connectivity index (χ0n) is 14.3. The van der Waals surface area contributed by atoms with Crippen LogP contribution in [0.3, 0.4) is 0 Å². The SMILES string of the molecule is CC(C)NC(=O)Nc1ccc(NC(=O)CCc2ccc(Cl)cc2)cc1. The van der Waals surface area contributed by atoms with E-state index in [1.54, 1.807) is 24.3 Å². The van der Waals surface area contributed by atoms with Crippen molar-refractivity contribution in [3.05, 3.63) is 59.1 Å². The van der Waals surface area contributed by atoms with Crippen LogP contribution in [0, 0.1) is 0 Å². The second-order valence-corrected chi connectivity index (χ2v) is 6.44. The van der Waals surface area contributed by atoms with Crippen LogP contribution in [-0.2, 0) is 11.2 Å². The van der Waals surface area contributed by atoms with E-state index in [9.17, 15) is 9.59 Å². The summed E-state index contributed by atoms with van der Waals surface area (Å²) >= 11 is 5.84. The lowest BCUT2D eigenvalue weighted by molar-refractivity contribution is -0.116. The first kappa shape index (κ1) is 18.8. The number of anilines is 2. The average Bonchev–Trinajstić information content (AvgIpc) is 2.55. The van der Waals surface area contributed by atoms with Gasteiger partial charge in [0.1, 0.15) is 0 Å². The number of urea groups is 1. The third-order valence-corrected chi connectivity index (χ3v) is 3.65. The van der Waals surface area contributed by atoms with Gasteiger partial charge in [0.15, 0.2) is 0 Å². The summed E-state index contributed by atoms with van der Waals surface area (Å²) in [5.41, 5.74) is 2.42. The summed E-state index contributed by atoms with van der Waals surface area (Å²) in [5, 5.41) is 9.00. The molecule has 2 aromatic rings. The van der Waals surface area contributed by atoms with Crippen LogP contribution in [-0.4, -0.2) is 18.0 Å². The lowest BCUT2D eigenvalue weighted by atomic mass is 10.1. The van der Waals surface area contributed by atoms with Crippen LogP contribution in [0.15, 0.2) is 48.5 Å². The maximum absolute atomic E-state index is 12.0. The molecule has 0 spiro atoms. The van der Waals surface area contributed by atoms with E-state index in [-0.39, 0.29) is 18.0 Å². The highest BCUT2D eigenvalue weighted by molar-refractivity contribution is 6.30. The van der Waals surface area contributed by atoms with E-state index in [2.05, 4.69) is 16.0 Å². The van der Waals surface area contributed by atoms with E-state index < -0.39 is 0 Å². The van der Waals surface area contributed by atoms with Gasteiger partial charge in [-0.05, 0) is 62.2 Å². The molecule has 0 aromatic heterocycles. The average molecular weight is 360 g/mol. The molecule has 3 N–H and O–H groups in total. The lowest BCUT2D eigenvalue weighted by Gasteiger charge is -2.11. The van der Waals surface area contributed by atoms with Gasteiger partial charge < -0.3 is 16.0 Å². The standard InChI is InChI=1S/C19H22ClN3O2/c1-13(2)21-19(25)23-17-10-8-16(9-11-17)22-18(24)12-5-14-3-6-15(20)7-4-14/h3-4,6-11,13H,5,12H2,1-2H3,(H,22,24)(H2,21,23,25). The van der Waals surface area contributed by atoms with Crippen LogP contribution < -0.4 is 16.0 Å². The third-order valence-electron chi connectivity index (χ3n) is 3.40. The van der Waals surface area contributed by atoms with Crippen molar-refractivity contribution in [3.8, 4) is 0 Å². The lowest BCUT2D eigenvalue weighted by Crippen LogP contribution is -2.34. The molecule has 3 amide bonds. The Morgan fingerprint density at radius 2 is 1.48 bits per heavy atom. The summed E-state index contributed by atoms with van der Waals surface area (Å²) in [6.07, 6.45) is 1.04. The zero-order valence-corrected chi connectivity index (χ0v) is 15.1. The number of carbonyl (C=O) groups excluding carboxylic acids is 2. The van der Waals surface area contributed by atoms with Gasteiger partial charge >= 0.3 is 6.03 Å². The fourth-order valence-corrected chi connectivity index (χ4v) is 2.32. The molecule has 2 aromatic carbocycles. The Morgan fingerprint density at radius 1 is 0.920 bits per heavy atom. The second kappa shape index (κ2) is 9.08. The molecule has 6 heteroatoms. The highest BCUT2D eigenvalue weighted by Gasteiger charge is 2.05. The number of amides is 3. The number of hydrogen-bond donors (Lipinski definition) is 3. The van der Waals surface area contributed by atoms with E-state index in [0.717, 1.165) is 5.56 Å². The molecule has 0 bridgehead atoms. The molecular weight excluding hydrogens is 338 g/mol. The van der Waals surface area contributed by atoms with Crippen molar-refractivity contribution in [2.75, 3.05) is 10.6 Å². The minimum Gasteiger partial charge on any atom is -0.336 e. The van der Waals surface area contributed by atoms with Crippen LogP contribution in [0.1, 0.15) is 25.8 Å². The van der Waals surface area contributed by atoms with Crippen LogP contribution >= 0.6 is 11.6 Å². The number of aryl methyl sites for hydroxylation is 1. The van der Waals surface area contributed by atoms with Crippen LogP contribution in [0.25, 0.3) is 0 Å². The largest absolute Gasteiger partial charge is 0.336 e. The Labute approximate surface area is 152 Å². The minimum atomic E-state index is -0.255. The molecule has 132 valence electrons. The number of hydrogen-bond acceptors (Lipinski definition) is 2. The predicted molar refractivity (Wildman–Crippen MR) is 102 cm³/mol. The Morgan fingerprint density at radius 3 is 2.04 bits per heavy atom. The van der Waals surface area contributed by atoms with E-state index in [4.69, 9.17) is 11.6 Å². The Balaban J connectivity index is 1.80. The topological polar surface area (TPSA) is 70.2 Å². The Kier molecular flexibility index (Phi) is 6.83. The quantitative estimate of drug-likeness (QED) is 0.713. The Bertz CT molecular complexity index is 712. The van der Waals surface area contributed by atoms with Gasteiger partial charge in [0, 0.05) is 28.9 Å². The molecule has 5 nitrogen and oxygen atoms in total. The molecule has 0 unspecified atom stereocenters. The van der Waals surface area contributed by atoms with Crippen LogP contribution in [0.5, 0.6) is 0 Å². The van der Waals surface area contributed by atoms with Gasteiger partial charge in [0.25, 0.3) is 0 Å². The molecule has 0 radical (unpaired) electrons. The van der Waals surface area contributed by atoms with Gasteiger partial charge in [0.2, 0.25) is 5.91 Å². The summed E-state index contributed by atoms with van der Waals surface area (Å²) in [6.45, 7) is 3.78. The fraction of sp³-hybridized carbons (Fsp3) is 0.263. The third kappa shape index (κ3) is 6.85. The monoisotopic (exact) mass is 359 g/mol. The van der Waals surface area contributed by atoms with Crippen molar-refractivity contribution >= 4 is 34.9 Å². The van der Waals surface area contributed by atoms with Crippen molar-refractivity contribution in [1.82, 2.24) is 5.32 Å². The van der Waals surface area contributed by atoms with E-state index in [1.165, 1.54) is 0 Å². The number of nitrogens with one attached hydrogen (secondary N) is 3. The summed E-state index contributed by atoms with van der Waals surface area (Å²) in [4.78, 5) is 23.6. The highest BCUT2D eigenvalue weighted by atomic mass is 35.5. The number of halogens is 1. The van der Waals surface area contributed by atoms with Crippen molar-refractivity contribution in [2.24, 2.45) is 0 Å². The van der Waals surface area contributed by atoms with Crippen molar-refractivity contribution in [2.45, 2.75) is 32.7 Å². The first-order chi connectivity index (χ1) is 11.9. The zero-order chi connectivity index (χ0) is 18.2. The number of carbonyl (C=O) groups is 2. The molecule has 0 fully saturated rings. The number of benzene rings is 2. The predicted octanol–water partition coefficient (Wildman–Crippen LogP) is 4.44. The molecule has 25 heavy (non-hydrogen) atoms. The molecule has 0 aliphatic rings. The van der Waals surface area contributed by atoms with Gasteiger partial charge in [-0.3, -0.25) is 4.79 Å². The van der Waals surface area contributed by atoms with Gasteiger partial charge in [-0.25, -0.2) is 4.79 Å². The molecule has 0 aliphatic heterocycles. The van der Waals surface area contributed by atoms with Crippen LogP contribution in [0.4, 0.5) is 16.2 Å². The molecular formula is C19H22ClN3O2. The maximum atomic E-state index is 12.0. The molecule has 2 rings (SSSR count). The van der Waals surface area contributed by atoms with Crippen molar-refractivity contribution in [1.29, 1.82) is 0 Å². The van der Waals surface area contributed by atoms with E-state index in [0.29, 0.717) is 29.2 Å². The van der Waals surface area contributed by atoms with Crippen LogP contribution in [0.2, 0.25) is 5.02 Å². The van der Waals surface area contributed by atoms with Gasteiger partial charge in [0.05, 0.1) is 0 Å². The van der Waals surface area contributed by atoms with E-state index in [1.807, 2.05) is 38.1 Å². The van der Waals surface area contributed by atoms with E-state index >= 15 is 0 Å². The van der Waals surface area contributed by atoms with Crippen molar-refractivity contribution in [3.63, 3.8) is 0 Å².